The number of nitrogens with one attached hydrogen (secondary N) is 3. The molecular weight excluding hydrogens is 709 g/mol. The van der Waals surface area contributed by atoms with Crippen LogP contribution in [0, 0.1) is 0 Å². The number of nitrogens with zero attached hydrogens (tertiary/aromatic N) is 1. The van der Waals surface area contributed by atoms with Crippen LogP contribution < -0.4 is 38.2 Å². The van der Waals surface area contributed by atoms with Crippen LogP contribution in [0.2, 0.25) is 0 Å². The van der Waals surface area contributed by atoms with E-state index in [1.54, 1.807) is 45.0 Å². The monoisotopic (exact) mass is 767 g/mol. The number of hydrogen-bond acceptors (Lipinski definition) is 15. The van der Waals surface area contributed by atoms with Crippen molar-refractivity contribution < 1.29 is 52.2 Å². The molecule has 0 spiro atoms. The molecule has 3 amide bonds. The Balaban J connectivity index is 3.16. The predicted molar refractivity (Wildman–Crippen MR) is 194 cm³/mol. The predicted octanol–water partition coefficient (Wildman–Crippen LogP) is 0.0494. The van der Waals surface area contributed by atoms with Crippen molar-refractivity contribution in [2.75, 3.05) is 92.2 Å². The van der Waals surface area contributed by atoms with Gasteiger partial charge in [0, 0.05) is 26.2 Å². The van der Waals surface area contributed by atoms with Gasteiger partial charge in [-0.15, -0.1) is 0 Å². The van der Waals surface area contributed by atoms with Crippen molar-refractivity contribution in [3.8, 4) is 5.75 Å². The summed E-state index contributed by atoms with van der Waals surface area (Å²) in [4.78, 5) is 54.9. The molecule has 0 bridgehead atoms. The molecular formula is C31H58N7O11PS. The van der Waals surface area contributed by atoms with E-state index in [-0.39, 0.29) is 84.8 Å². The first-order chi connectivity index (χ1) is 24.3. The molecule has 1 aromatic rings. The standard InChI is InChI=1S/C31H58N7O11PS/c1-31(2,3)50(42,51)49-26-8-6-25(7-9-26)22-27(30(41)37-10-4-5-13-43-16-19-46-32)38(23-28(39)35-11-14-44-17-20-47-33)24-29(40)36-12-15-45-18-21-48-34/h6-9,27H,4-5,10-24,32-34H2,1-3H3,(H,35,39)(H,36,40)(H,37,41)(H,42,51). The lowest BCUT2D eigenvalue weighted by molar-refractivity contribution is -0.131. The fourth-order valence-corrected chi connectivity index (χ4v) is 5.11. The molecule has 18 nitrogen and oxygen atoms in total. The van der Waals surface area contributed by atoms with E-state index in [4.69, 9.17) is 36.4 Å². The smallest absolute Gasteiger partial charge is 0.305 e. The van der Waals surface area contributed by atoms with Crippen molar-refractivity contribution >= 4 is 36.5 Å². The number of unbranched alkanes of at least 4 members (excludes halogenated alkanes) is 1. The average molecular weight is 768 g/mol. The first-order valence-electron chi connectivity index (χ1n) is 16.7. The van der Waals surface area contributed by atoms with Crippen molar-refractivity contribution in [2.24, 2.45) is 17.7 Å². The zero-order valence-electron chi connectivity index (χ0n) is 30.0. The minimum atomic E-state index is -3.30. The summed E-state index contributed by atoms with van der Waals surface area (Å²) in [7, 11) is 0. The fraction of sp³-hybridized carbons (Fsp3) is 0.710. The van der Waals surface area contributed by atoms with Crippen molar-refractivity contribution in [3.63, 3.8) is 0 Å². The number of ether oxygens (including phenoxy) is 3. The van der Waals surface area contributed by atoms with Crippen LogP contribution in [0.15, 0.2) is 24.3 Å². The summed E-state index contributed by atoms with van der Waals surface area (Å²) < 4.78 is 34.8. The van der Waals surface area contributed by atoms with Crippen LogP contribution in [0.1, 0.15) is 39.2 Å². The highest BCUT2D eigenvalue weighted by Crippen LogP contribution is 2.62. The number of nitrogens with two attached hydrogens (primary N) is 3. The minimum Gasteiger partial charge on any atom is -0.436 e. The second-order valence-electron chi connectivity index (χ2n) is 12.2. The van der Waals surface area contributed by atoms with Crippen LogP contribution in [-0.4, -0.2) is 126 Å². The van der Waals surface area contributed by atoms with Gasteiger partial charge < -0.3 is 49.2 Å². The summed E-state index contributed by atoms with van der Waals surface area (Å²) in [6, 6.07) is 5.82. The van der Waals surface area contributed by atoms with E-state index in [1.165, 1.54) is 4.90 Å². The molecule has 1 aromatic carbocycles. The second kappa shape index (κ2) is 27.2. The Morgan fingerprint density at radius 3 is 1.69 bits per heavy atom. The highest BCUT2D eigenvalue weighted by atomic mass is 32.7. The Morgan fingerprint density at radius 1 is 0.725 bits per heavy atom. The molecule has 0 heterocycles. The quantitative estimate of drug-likeness (QED) is 0.0237. The molecule has 20 heteroatoms. The van der Waals surface area contributed by atoms with Gasteiger partial charge in [0.1, 0.15) is 5.75 Å². The Bertz CT molecular complexity index is 1140. The zero-order chi connectivity index (χ0) is 38.0. The van der Waals surface area contributed by atoms with E-state index >= 15 is 0 Å². The SMILES string of the molecule is CC(C)(C)P(=O)(S)Oc1ccc(CC(C(=O)NCCCCOCCON)N(CC(=O)NCCOCCON)CC(=O)NCCOCCON)cc1. The molecule has 0 aliphatic rings. The first kappa shape index (κ1) is 46.6. The molecule has 0 saturated heterocycles. The first-order valence-corrected chi connectivity index (χ1v) is 19.5. The number of amides is 3. The van der Waals surface area contributed by atoms with Crippen LogP contribution in [0.5, 0.6) is 5.75 Å². The van der Waals surface area contributed by atoms with Gasteiger partial charge in [-0.25, -0.2) is 17.7 Å². The van der Waals surface area contributed by atoms with E-state index in [1.807, 2.05) is 0 Å². The lowest BCUT2D eigenvalue weighted by Gasteiger charge is -2.30. The van der Waals surface area contributed by atoms with Gasteiger partial charge in [0.2, 0.25) is 17.7 Å². The molecule has 0 radical (unpaired) electrons. The maximum absolute atomic E-state index is 13.8. The topological polar surface area (TPSA) is 250 Å². The molecule has 0 aliphatic carbocycles. The van der Waals surface area contributed by atoms with Crippen molar-refractivity contribution in [3.05, 3.63) is 29.8 Å². The minimum absolute atomic E-state index is 0.136. The van der Waals surface area contributed by atoms with E-state index < -0.39 is 29.6 Å². The van der Waals surface area contributed by atoms with Gasteiger partial charge >= 0.3 is 6.57 Å². The molecule has 1 rings (SSSR count). The molecule has 2 atom stereocenters. The highest BCUT2D eigenvalue weighted by Gasteiger charge is 2.36. The molecule has 294 valence electrons. The summed E-state index contributed by atoms with van der Waals surface area (Å²) in [6.07, 6.45) is 1.43. The lowest BCUT2D eigenvalue weighted by Crippen LogP contribution is -2.54. The molecule has 51 heavy (non-hydrogen) atoms. The Kier molecular flexibility index (Phi) is 24.9. The van der Waals surface area contributed by atoms with E-state index in [9.17, 15) is 18.9 Å². The van der Waals surface area contributed by atoms with E-state index in [2.05, 4.69) is 42.7 Å². The highest BCUT2D eigenvalue weighted by molar-refractivity contribution is 8.46. The Hall–Kier alpha value is -2.39. The number of rotatable bonds is 30. The largest absolute Gasteiger partial charge is 0.436 e. The zero-order valence-corrected chi connectivity index (χ0v) is 31.8. The van der Waals surface area contributed by atoms with Crippen LogP contribution >= 0.6 is 18.8 Å². The summed E-state index contributed by atoms with van der Waals surface area (Å²) in [6.45, 7) is 4.63. The third kappa shape index (κ3) is 21.7. The summed E-state index contributed by atoms with van der Waals surface area (Å²) in [5.74, 6) is 14.1. The number of thiol groups is 1. The molecule has 0 aliphatic heterocycles. The number of hydrogen-bond donors (Lipinski definition) is 7. The van der Waals surface area contributed by atoms with Gasteiger partial charge in [0.05, 0.1) is 77.1 Å². The molecule has 9 N–H and O–H groups in total. The number of carbonyl (C=O) groups is 3. The van der Waals surface area contributed by atoms with Crippen molar-refractivity contribution in [1.82, 2.24) is 20.9 Å². The maximum Gasteiger partial charge on any atom is 0.305 e. The maximum atomic E-state index is 13.8. The Labute approximate surface area is 305 Å². The number of carbonyl (C=O) groups excluding carboxylic acids is 3. The fourth-order valence-electron chi connectivity index (χ4n) is 4.15. The summed E-state index contributed by atoms with van der Waals surface area (Å²) in [5, 5.41) is 7.74. The van der Waals surface area contributed by atoms with Gasteiger partial charge in [-0.05, 0) is 57.7 Å². The van der Waals surface area contributed by atoms with E-state index in [0.29, 0.717) is 43.9 Å². The van der Waals surface area contributed by atoms with Crippen LogP contribution in [0.3, 0.4) is 0 Å². The average Bonchev–Trinajstić information content (AvgIpc) is 3.07. The van der Waals surface area contributed by atoms with Crippen LogP contribution in [0.25, 0.3) is 0 Å². The van der Waals surface area contributed by atoms with Gasteiger partial charge in [-0.2, -0.15) is 0 Å². The van der Waals surface area contributed by atoms with E-state index in [0.717, 1.165) is 0 Å². The second-order valence-corrected chi connectivity index (χ2v) is 16.3. The lowest BCUT2D eigenvalue weighted by atomic mass is 10.0. The van der Waals surface area contributed by atoms with Gasteiger partial charge in [0.25, 0.3) is 0 Å². The number of benzene rings is 1. The van der Waals surface area contributed by atoms with Gasteiger partial charge in [0.15, 0.2) is 0 Å². The van der Waals surface area contributed by atoms with Crippen molar-refractivity contribution in [1.29, 1.82) is 0 Å². The van der Waals surface area contributed by atoms with Gasteiger partial charge in [-0.3, -0.25) is 23.8 Å². The molecule has 0 fully saturated rings. The van der Waals surface area contributed by atoms with Gasteiger partial charge in [-0.1, -0.05) is 24.4 Å². The van der Waals surface area contributed by atoms with Crippen LogP contribution in [0.4, 0.5) is 0 Å². The summed E-state index contributed by atoms with van der Waals surface area (Å²) >= 11 is 4.28. The van der Waals surface area contributed by atoms with Crippen molar-refractivity contribution in [2.45, 2.75) is 51.2 Å². The molecule has 0 saturated carbocycles. The normalized spacial score (nSPS) is 13.4. The molecule has 0 aromatic heterocycles. The third-order valence-electron chi connectivity index (χ3n) is 7.05. The third-order valence-corrected chi connectivity index (χ3v) is 11.3. The molecule has 2 unspecified atom stereocenters. The Morgan fingerprint density at radius 2 is 1.22 bits per heavy atom. The van der Waals surface area contributed by atoms with Crippen LogP contribution in [-0.2, 0) is 54.1 Å². The summed E-state index contributed by atoms with van der Waals surface area (Å²) in [5.41, 5.74) is 0.708.